The summed E-state index contributed by atoms with van der Waals surface area (Å²) >= 11 is 5.86. The first kappa shape index (κ1) is 17.5. The highest BCUT2D eigenvalue weighted by Gasteiger charge is 2.08. The van der Waals surface area contributed by atoms with Crippen molar-refractivity contribution in [2.45, 2.75) is 19.4 Å². The number of nitrogens with zero attached hydrogens (tertiary/aromatic N) is 1. The summed E-state index contributed by atoms with van der Waals surface area (Å²) in [6, 6.07) is 9.00. The molecular formula is C15H16ClN3O3. The summed E-state index contributed by atoms with van der Waals surface area (Å²) in [5.74, 6) is -1.46. The number of carbonyl (C=O) groups is 2. The molecule has 6 nitrogen and oxygen atoms in total. The fourth-order valence-corrected chi connectivity index (χ4v) is 1.82. The Kier molecular flexibility index (Phi) is 7.51. The third-order valence-electron chi connectivity index (χ3n) is 2.66. The molecule has 0 atom stereocenters. The minimum Gasteiger partial charge on any atom is -0.481 e. The first-order valence-corrected chi connectivity index (χ1v) is 6.99. The van der Waals surface area contributed by atoms with E-state index in [1.165, 1.54) is 6.20 Å². The number of halogens is 1. The standard InChI is InChI=1S/C15H16ClN3O3/c16-13-4-1-3-11(7-13)9-18-10-12(8-17)15(22)19-6-2-5-14(20)21/h1,3-4,7,10,18H,2,5-6,9H2,(H,19,22)(H,20,21)/b12-10-. The van der Waals surface area contributed by atoms with Crippen molar-refractivity contribution >= 4 is 23.5 Å². The van der Waals surface area contributed by atoms with Crippen LogP contribution in [0.1, 0.15) is 18.4 Å². The van der Waals surface area contributed by atoms with Crippen molar-refractivity contribution in [3.63, 3.8) is 0 Å². The minimum absolute atomic E-state index is 0.0289. The smallest absolute Gasteiger partial charge is 0.303 e. The normalized spacial score (nSPS) is 10.6. The fourth-order valence-electron chi connectivity index (χ4n) is 1.60. The van der Waals surface area contributed by atoms with Crippen LogP contribution >= 0.6 is 11.6 Å². The van der Waals surface area contributed by atoms with Gasteiger partial charge < -0.3 is 15.7 Å². The van der Waals surface area contributed by atoms with Crippen molar-refractivity contribution in [1.82, 2.24) is 10.6 Å². The average molecular weight is 322 g/mol. The van der Waals surface area contributed by atoms with Gasteiger partial charge >= 0.3 is 5.97 Å². The summed E-state index contributed by atoms with van der Waals surface area (Å²) in [7, 11) is 0. The zero-order valence-corrected chi connectivity index (χ0v) is 12.6. The van der Waals surface area contributed by atoms with E-state index in [1.54, 1.807) is 18.2 Å². The van der Waals surface area contributed by atoms with E-state index in [0.29, 0.717) is 18.0 Å². The predicted octanol–water partition coefficient (Wildman–Crippen LogP) is 1.82. The highest BCUT2D eigenvalue weighted by molar-refractivity contribution is 6.30. The second-order valence-electron chi connectivity index (χ2n) is 4.43. The molecule has 1 amide bonds. The van der Waals surface area contributed by atoms with Crippen LogP contribution in [0, 0.1) is 11.3 Å². The van der Waals surface area contributed by atoms with Gasteiger partial charge in [-0.25, -0.2) is 0 Å². The van der Waals surface area contributed by atoms with Gasteiger partial charge in [-0.15, -0.1) is 0 Å². The number of carbonyl (C=O) groups excluding carboxylic acids is 1. The molecule has 0 heterocycles. The number of nitrogens with one attached hydrogen (secondary N) is 2. The Bertz CT molecular complexity index is 608. The van der Waals surface area contributed by atoms with Crippen LogP contribution in [0.5, 0.6) is 0 Å². The Labute approximate surface area is 133 Å². The lowest BCUT2D eigenvalue weighted by atomic mass is 10.2. The van der Waals surface area contributed by atoms with E-state index in [2.05, 4.69) is 10.6 Å². The summed E-state index contributed by atoms with van der Waals surface area (Å²) in [6.45, 7) is 0.635. The highest BCUT2D eigenvalue weighted by atomic mass is 35.5. The van der Waals surface area contributed by atoms with E-state index in [9.17, 15) is 9.59 Å². The van der Waals surface area contributed by atoms with Crippen LogP contribution < -0.4 is 10.6 Å². The molecule has 0 aliphatic carbocycles. The molecule has 22 heavy (non-hydrogen) atoms. The van der Waals surface area contributed by atoms with Gasteiger partial charge in [0.05, 0.1) is 0 Å². The second kappa shape index (κ2) is 9.42. The number of aliphatic carboxylic acids is 1. The van der Waals surface area contributed by atoms with E-state index in [0.717, 1.165) is 5.56 Å². The Morgan fingerprint density at radius 2 is 2.18 bits per heavy atom. The molecular weight excluding hydrogens is 306 g/mol. The SMILES string of the molecule is N#C/C(=C/NCc1cccc(Cl)c1)C(=O)NCCCC(=O)O. The largest absolute Gasteiger partial charge is 0.481 e. The van der Waals surface area contributed by atoms with Crippen molar-refractivity contribution in [3.05, 3.63) is 46.6 Å². The second-order valence-corrected chi connectivity index (χ2v) is 4.87. The molecule has 0 unspecified atom stereocenters. The van der Waals surface area contributed by atoms with E-state index < -0.39 is 11.9 Å². The monoisotopic (exact) mass is 321 g/mol. The molecule has 0 spiro atoms. The van der Waals surface area contributed by atoms with Gasteiger partial charge in [0.25, 0.3) is 5.91 Å². The zero-order chi connectivity index (χ0) is 16.4. The highest BCUT2D eigenvalue weighted by Crippen LogP contribution is 2.10. The number of benzene rings is 1. The molecule has 3 N–H and O–H groups in total. The van der Waals surface area contributed by atoms with Gasteiger partial charge in [0.1, 0.15) is 11.6 Å². The molecule has 116 valence electrons. The Hall–Kier alpha value is -2.52. The van der Waals surface area contributed by atoms with Gasteiger partial charge in [-0.2, -0.15) is 5.26 Å². The van der Waals surface area contributed by atoms with Crippen molar-refractivity contribution in [2.24, 2.45) is 0 Å². The lowest BCUT2D eigenvalue weighted by molar-refractivity contribution is -0.137. The maximum atomic E-state index is 11.7. The van der Waals surface area contributed by atoms with Crippen LogP contribution in [0.2, 0.25) is 5.02 Å². The van der Waals surface area contributed by atoms with Crippen LogP contribution in [0.3, 0.4) is 0 Å². The molecule has 0 bridgehead atoms. The van der Waals surface area contributed by atoms with Crippen LogP contribution in [-0.2, 0) is 16.1 Å². The molecule has 0 fully saturated rings. The first-order valence-electron chi connectivity index (χ1n) is 6.61. The average Bonchev–Trinajstić information content (AvgIpc) is 2.48. The zero-order valence-electron chi connectivity index (χ0n) is 11.8. The maximum absolute atomic E-state index is 11.7. The van der Waals surface area contributed by atoms with E-state index in [-0.39, 0.29) is 18.5 Å². The van der Waals surface area contributed by atoms with Gasteiger partial charge in [0.2, 0.25) is 0 Å². The number of amides is 1. The molecule has 0 saturated carbocycles. The third-order valence-corrected chi connectivity index (χ3v) is 2.89. The van der Waals surface area contributed by atoms with E-state index in [1.807, 2.05) is 12.1 Å². The van der Waals surface area contributed by atoms with E-state index in [4.69, 9.17) is 22.0 Å². The number of rotatable bonds is 8. The minimum atomic E-state index is -0.923. The van der Waals surface area contributed by atoms with Gasteiger partial charge in [0.15, 0.2) is 0 Å². The number of carboxylic acids is 1. The molecule has 1 aromatic rings. The lowest BCUT2D eigenvalue weighted by Gasteiger charge is -2.05. The van der Waals surface area contributed by atoms with E-state index >= 15 is 0 Å². The number of carboxylic acid groups (broad SMARTS) is 1. The summed E-state index contributed by atoms with van der Waals surface area (Å²) in [5.41, 5.74) is 0.847. The van der Waals surface area contributed by atoms with Crippen molar-refractivity contribution in [1.29, 1.82) is 5.26 Å². The van der Waals surface area contributed by atoms with Gasteiger partial charge in [0, 0.05) is 30.7 Å². The Morgan fingerprint density at radius 3 is 2.82 bits per heavy atom. The van der Waals surface area contributed by atoms with Crippen molar-refractivity contribution in [3.8, 4) is 6.07 Å². The quantitative estimate of drug-likeness (QED) is 0.385. The molecule has 1 rings (SSSR count). The molecule has 0 radical (unpaired) electrons. The number of nitriles is 1. The molecule has 0 aromatic heterocycles. The lowest BCUT2D eigenvalue weighted by Crippen LogP contribution is -2.27. The Morgan fingerprint density at radius 1 is 1.41 bits per heavy atom. The Balaban J connectivity index is 2.43. The van der Waals surface area contributed by atoms with Gasteiger partial charge in [-0.1, -0.05) is 23.7 Å². The number of hydrogen-bond acceptors (Lipinski definition) is 4. The summed E-state index contributed by atoms with van der Waals surface area (Å²) in [4.78, 5) is 22.0. The summed E-state index contributed by atoms with van der Waals surface area (Å²) in [6.07, 6.45) is 1.61. The van der Waals surface area contributed by atoms with Crippen molar-refractivity contribution in [2.75, 3.05) is 6.54 Å². The fraction of sp³-hybridized carbons (Fsp3) is 0.267. The molecule has 0 aliphatic rings. The van der Waals surface area contributed by atoms with Crippen LogP contribution in [-0.4, -0.2) is 23.5 Å². The van der Waals surface area contributed by atoms with Crippen LogP contribution in [0.4, 0.5) is 0 Å². The topological polar surface area (TPSA) is 102 Å². The number of hydrogen-bond donors (Lipinski definition) is 3. The molecule has 1 aromatic carbocycles. The third kappa shape index (κ3) is 6.77. The molecule has 7 heteroatoms. The van der Waals surface area contributed by atoms with Crippen molar-refractivity contribution < 1.29 is 14.7 Å². The predicted molar refractivity (Wildman–Crippen MR) is 81.9 cm³/mol. The van der Waals surface area contributed by atoms with Gasteiger partial charge in [-0.05, 0) is 24.1 Å². The summed E-state index contributed by atoms with van der Waals surface area (Å²) < 4.78 is 0. The first-order chi connectivity index (χ1) is 10.5. The molecule has 0 saturated heterocycles. The van der Waals surface area contributed by atoms with Crippen LogP contribution in [0.25, 0.3) is 0 Å². The van der Waals surface area contributed by atoms with Crippen LogP contribution in [0.15, 0.2) is 36.0 Å². The summed E-state index contributed by atoms with van der Waals surface area (Å²) in [5, 5.41) is 23.4. The van der Waals surface area contributed by atoms with Gasteiger partial charge in [-0.3, -0.25) is 9.59 Å². The maximum Gasteiger partial charge on any atom is 0.303 e. The molecule has 0 aliphatic heterocycles.